The molecule has 4 atom stereocenters. The third-order valence-electron chi connectivity index (χ3n) is 5.54. The molecule has 2 aromatic carbocycles. The molecule has 0 amide bonds. The van der Waals surface area contributed by atoms with E-state index < -0.39 is 0 Å². The van der Waals surface area contributed by atoms with Crippen molar-refractivity contribution < 1.29 is 14.2 Å². The van der Waals surface area contributed by atoms with E-state index in [1.54, 1.807) is 0 Å². The summed E-state index contributed by atoms with van der Waals surface area (Å²) in [6, 6.07) is 16.4. The molecule has 0 bridgehead atoms. The predicted octanol–water partition coefficient (Wildman–Crippen LogP) is 5.35. The summed E-state index contributed by atoms with van der Waals surface area (Å²) >= 11 is 0. The highest BCUT2D eigenvalue weighted by molar-refractivity contribution is 5.54. The Bertz CT molecular complexity index is 802. The van der Waals surface area contributed by atoms with Crippen molar-refractivity contribution >= 4 is 12.2 Å². The zero-order valence-electron chi connectivity index (χ0n) is 16.0. The van der Waals surface area contributed by atoms with Crippen molar-refractivity contribution in [1.82, 2.24) is 0 Å². The molecule has 4 unspecified atom stereocenters. The smallest absolute Gasteiger partial charge is 0.120 e. The molecule has 27 heavy (non-hydrogen) atoms. The van der Waals surface area contributed by atoms with Gasteiger partial charge in [0.25, 0.3) is 0 Å². The van der Waals surface area contributed by atoms with Crippen LogP contribution in [-0.4, -0.2) is 24.4 Å². The van der Waals surface area contributed by atoms with Crippen molar-refractivity contribution in [3.05, 3.63) is 83.9 Å². The van der Waals surface area contributed by atoms with Gasteiger partial charge in [0.2, 0.25) is 0 Å². The first-order valence-corrected chi connectivity index (χ1v) is 9.37. The lowest BCUT2D eigenvalue weighted by Crippen LogP contribution is -2.23. The monoisotopic (exact) mass is 362 g/mol. The highest BCUT2D eigenvalue weighted by Crippen LogP contribution is 2.53. The quantitative estimate of drug-likeness (QED) is 0.594. The largest absolute Gasteiger partial charge is 0.375 e. The van der Waals surface area contributed by atoms with E-state index in [9.17, 15) is 0 Å². The average molecular weight is 362 g/mol. The van der Waals surface area contributed by atoms with E-state index in [1.165, 1.54) is 11.1 Å². The van der Waals surface area contributed by atoms with Crippen LogP contribution in [-0.2, 0) is 14.2 Å². The normalized spacial score (nSPS) is 31.3. The van der Waals surface area contributed by atoms with Gasteiger partial charge < -0.3 is 14.2 Å². The molecule has 2 aromatic rings. The molecular weight excluding hydrogens is 336 g/mol. The molecule has 0 aromatic heterocycles. The molecular formula is C24H26O3. The van der Waals surface area contributed by atoms with Crippen LogP contribution in [0.25, 0.3) is 12.2 Å². The molecule has 0 radical (unpaired) electrons. The zero-order valence-corrected chi connectivity index (χ0v) is 16.0. The Hall–Kier alpha value is -2.20. The summed E-state index contributed by atoms with van der Waals surface area (Å²) in [5.41, 5.74) is 3.99. The molecule has 0 N–H and O–H groups in total. The van der Waals surface area contributed by atoms with Gasteiger partial charge >= 0.3 is 0 Å². The van der Waals surface area contributed by atoms with Gasteiger partial charge in [-0.3, -0.25) is 0 Å². The van der Waals surface area contributed by atoms with Gasteiger partial charge in [0.15, 0.2) is 0 Å². The minimum Gasteiger partial charge on any atom is -0.375 e. The SMILES string of the molecule is C=Cc1ccccc1C1OC1(C)COCC1(C)OC1c1ccccc1C=C. The fourth-order valence-electron chi connectivity index (χ4n) is 3.80. The first-order chi connectivity index (χ1) is 13.0. The lowest BCUT2D eigenvalue weighted by molar-refractivity contribution is 0.0520. The van der Waals surface area contributed by atoms with E-state index >= 15 is 0 Å². The zero-order chi connectivity index (χ0) is 19.1. The van der Waals surface area contributed by atoms with Crippen LogP contribution >= 0.6 is 0 Å². The molecule has 2 heterocycles. The fourth-order valence-corrected chi connectivity index (χ4v) is 3.80. The number of epoxide rings is 2. The van der Waals surface area contributed by atoms with Gasteiger partial charge in [0.1, 0.15) is 23.4 Å². The minimum atomic E-state index is -0.293. The van der Waals surface area contributed by atoms with E-state index in [0.29, 0.717) is 13.2 Å². The van der Waals surface area contributed by atoms with Crippen molar-refractivity contribution in [2.24, 2.45) is 0 Å². The van der Waals surface area contributed by atoms with Gasteiger partial charge in [-0.25, -0.2) is 0 Å². The maximum absolute atomic E-state index is 6.04. The summed E-state index contributed by atoms with van der Waals surface area (Å²) in [5.74, 6) is 0. The van der Waals surface area contributed by atoms with Gasteiger partial charge in [0, 0.05) is 0 Å². The van der Waals surface area contributed by atoms with Crippen molar-refractivity contribution in [2.75, 3.05) is 13.2 Å². The van der Waals surface area contributed by atoms with E-state index in [0.717, 1.165) is 11.1 Å². The van der Waals surface area contributed by atoms with Gasteiger partial charge in [-0.05, 0) is 36.1 Å². The first kappa shape index (κ1) is 18.2. The highest BCUT2D eigenvalue weighted by atomic mass is 16.7. The third-order valence-corrected chi connectivity index (χ3v) is 5.54. The Morgan fingerprint density at radius 2 is 1.22 bits per heavy atom. The second kappa shape index (κ2) is 6.75. The summed E-state index contributed by atoms with van der Waals surface area (Å²) in [4.78, 5) is 0. The molecule has 2 aliphatic heterocycles. The second-order valence-electron chi connectivity index (χ2n) is 7.78. The van der Waals surface area contributed by atoms with E-state index in [-0.39, 0.29) is 23.4 Å². The average Bonchev–Trinajstić information content (AvgIpc) is 3.57. The summed E-state index contributed by atoms with van der Waals surface area (Å²) in [6.45, 7) is 13.1. The highest BCUT2D eigenvalue weighted by Gasteiger charge is 2.57. The molecule has 0 saturated carbocycles. The summed E-state index contributed by atoms with van der Waals surface area (Å²) < 4.78 is 18.0. The summed E-state index contributed by atoms with van der Waals surface area (Å²) in [7, 11) is 0. The number of rotatable bonds is 8. The Balaban J connectivity index is 1.34. The Morgan fingerprint density at radius 3 is 1.63 bits per heavy atom. The van der Waals surface area contributed by atoms with Crippen LogP contribution in [0.4, 0.5) is 0 Å². The van der Waals surface area contributed by atoms with Crippen molar-refractivity contribution in [2.45, 2.75) is 37.3 Å². The molecule has 3 nitrogen and oxygen atoms in total. The number of hydrogen-bond acceptors (Lipinski definition) is 3. The number of benzene rings is 2. The topological polar surface area (TPSA) is 34.3 Å². The molecule has 2 fully saturated rings. The lowest BCUT2D eigenvalue weighted by Gasteiger charge is -2.12. The summed E-state index contributed by atoms with van der Waals surface area (Å²) in [6.07, 6.45) is 3.85. The van der Waals surface area contributed by atoms with Crippen LogP contribution in [0.5, 0.6) is 0 Å². The van der Waals surface area contributed by atoms with E-state index in [4.69, 9.17) is 14.2 Å². The molecule has 0 aliphatic carbocycles. The minimum absolute atomic E-state index is 0.0527. The predicted molar refractivity (Wildman–Crippen MR) is 108 cm³/mol. The molecule has 2 aliphatic rings. The van der Waals surface area contributed by atoms with Crippen molar-refractivity contribution in [3.63, 3.8) is 0 Å². The molecule has 140 valence electrons. The van der Waals surface area contributed by atoms with Crippen LogP contribution in [0.15, 0.2) is 61.7 Å². The second-order valence-corrected chi connectivity index (χ2v) is 7.78. The van der Waals surface area contributed by atoms with Crippen LogP contribution in [0.3, 0.4) is 0 Å². The first-order valence-electron chi connectivity index (χ1n) is 9.37. The maximum atomic E-state index is 6.04. The van der Waals surface area contributed by atoms with Crippen molar-refractivity contribution in [1.29, 1.82) is 0 Å². The van der Waals surface area contributed by atoms with Gasteiger partial charge in [-0.1, -0.05) is 73.8 Å². The Morgan fingerprint density at radius 1 is 0.815 bits per heavy atom. The van der Waals surface area contributed by atoms with Gasteiger partial charge in [-0.15, -0.1) is 0 Å². The molecule has 0 spiro atoms. The van der Waals surface area contributed by atoms with Crippen molar-refractivity contribution in [3.8, 4) is 0 Å². The standard InChI is InChI=1S/C24H26O3/c1-5-17-11-7-9-13-19(17)21-23(3,26-21)15-25-16-24(4)22(27-24)20-14-10-8-12-18(20)6-2/h5-14,21-22H,1-2,15-16H2,3-4H3. The van der Waals surface area contributed by atoms with Crippen LogP contribution < -0.4 is 0 Å². The lowest BCUT2D eigenvalue weighted by atomic mass is 9.96. The van der Waals surface area contributed by atoms with E-state index in [2.05, 4.69) is 51.3 Å². The van der Waals surface area contributed by atoms with Crippen LogP contribution in [0.1, 0.15) is 48.3 Å². The summed E-state index contributed by atoms with van der Waals surface area (Å²) in [5, 5.41) is 0. The van der Waals surface area contributed by atoms with Crippen LogP contribution in [0.2, 0.25) is 0 Å². The maximum Gasteiger partial charge on any atom is 0.120 e. The van der Waals surface area contributed by atoms with E-state index in [1.807, 2.05) is 36.4 Å². The Labute approximate surface area is 161 Å². The fraction of sp³-hybridized carbons (Fsp3) is 0.333. The molecule has 2 saturated heterocycles. The third kappa shape index (κ3) is 3.39. The Kier molecular flexibility index (Phi) is 4.55. The van der Waals surface area contributed by atoms with Gasteiger partial charge in [-0.2, -0.15) is 0 Å². The molecule has 3 heteroatoms. The number of hydrogen-bond donors (Lipinski definition) is 0. The number of ether oxygens (including phenoxy) is 3. The van der Waals surface area contributed by atoms with Crippen LogP contribution in [0, 0.1) is 0 Å². The van der Waals surface area contributed by atoms with Gasteiger partial charge in [0.05, 0.1) is 13.2 Å². The molecule has 4 rings (SSSR count).